The number of benzene rings is 2. The molecule has 0 atom stereocenters. The first-order chi connectivity index (χ1) is 12.1. The summed E-state index contributed by atoms with van der Waals surface area (Å²) in [6, 6.07) is 13.6. The molecule has 0 radical (unpaired) electrons. The molecule has 25 heavy (non-hydrogen) atoms. The molecule has 0 saturated carbocycles. The summed E-state index contributed by atoms with van der Waals surface area (Å²) in [7, 11) is 0. The lowest BCUT2D eigenvalue weighted by Crippen LogP contribution is -2.25. The van der Waals surface area contributed by atoms with E-state index in [9.17, 15) is 13.6 Å². The molecule has 2 aromatic carbocycles. The third-order valence-electron chi connectivity index (χ3n) is 3.80. The van der Waals surface area contributed by atoms with Gasteiger partial charge < -0.3 is 14.6 Å². The standard InChI is InChI=1S/C18H17F2N3O2/c1-2-23-14-9-5-4-8-13(14)22-16(23)11-21-17(24)12-7-3-6-10-15(12)25-18(19)20/h3-10,18H,2,11H2,1H3,(H,21,24). The van der Waals surface area contributed by atoms with E-state index in [0.717, 1.165) is 11.0 Å². The molecule has 0 aliphatic carbocycles. The average molecular weight is 345 g/mol. The lowest BCUT2D eigenvalue weighted by atomic mass is 10.2. The van der Waals surface area contributed by atoms with Gasteiger partial charge in [-0.15, -0.1) is 0 Å². The van der Waals surface area contributed by atoms with E-state index in [-0.39, 0.29) is 17.9 Å². The Morgan fingerprint density at radius 3 is 2.68 bits per heavy atom. The molecule has 0 aliphatic rings. The molecule has 3 rings (SSSR count). The maximum Gasteiger partial charge on any atom is 0.387 e. The molecule has 1 amide bonds. The van der Waals surface area contributed by atoms with Crippen LogP contribution < -0.4 is 10.1 Å². The number of hydrogen-bond acceptors (Lipinski definition) is 3. The summed E-state index contributed by atoms with van der Waals surface area (Å²) in [6.07, 6.45) is 0. The van der Waals surface area contributed by atoms with Gasteiger partial charge in [-0.05, 0) is 31.2 Å². The lowest BCUT2D eigenvalue weighted by molar-refractivity contribution is -0.0501. The third-order valence-corrected chi connectivity index (χ3v) is 3.80. The average Bonchev–Trinajstić information content (AvgIpc) is 2.97. The Labute approximate surface area is 143 Å². The molecule has 1 heterocycles. The fourth-order valence-corrected chi connectivity index (χ4v) is 2.72. The first kappa shape index (κ1) is 16.9. The second-order valence-corrected chi connectivity index (χ2v) is 5.32. The number of aromatic nitrogens is 2. The molecule has 1 N–H and O–H groups in total. The molecule has 0 fully saturated rings. The van der Waals surface area contributed by atoms with Crippen molar-refractivity contribution >= 4 is 16.9 Å². The van der Waals surface area contributed by atoms with Crippen LogP contribution in [0.15, 0.2) is 48.5 Å². The number of nitrogens with zero attached hydrogens (tertiary/aromatic N) is 2. The molecule has 0 saturated heterocycles. The van der Waals surface area contributed by atoms with Gasteiger partial charge in [0.05, 0.1) is 23.1 Å². The number of hydrogen-bond donors (Lipinski definition) is 1. The van der Waals surface area contributed by atoms with Gasteiger partial charge in [0.25, 0.3) is 5.91 Å². The zero-order valence-electron chi connectivity index (χ0n) is 13.6. The van der Waals surface area contributed by atoms with E-state index in [1.165, 1.54) is 18.2 Å². The lowest BCUT2D eigenvalue weighted by Gasteiger charge is -2.11. The minimum Gasteiger partial charge on any atom is -0.434 e. The number of alkyl halides is 2. The van der Waals surface area contributed by atoms with Gasteiger partial charge in [0.2, 0.25) is 0 Å². The Hall–Kier alpha value is -2.96. The predicted molar refractivity (Wildman–Crippen MR) is 89.7 cm³/mol. The highest BCUT2D eigenvalue weighted by atomic mass is 19.3. The van der Waals surface area contributed by atoms with Crippen molar-refractivity contribution in [3.8, 4) is 5.75 Å². The quantitative estimate of drug-likeness (QED) is 0.743. The minimum absolute atomic E-state index is 0.0574. The van der Waals surface area contributed by atoms with E-state index in [1.54, 1.807) is 6.07 Å². The highest BCUT2D eigenvalue weighted by molar-refractivity contribution is 5.96. The van der Waals surface area contributed by atoms with Crippen LogP contribution in [0.5, 0.6) is 5.75 Å². The summed E-state index contributed by atoms with van der Waals surface area (Å²) in [5, 5.41) is 2.72. The van der Waals surface area contributed by atoms with E-state index in [4.69, 9.17) is 0 Å². The Kier molecular flexibility index (Phi) is 4.92. The second kappa shape index (κ2) is 7.29. The maximum atomic E-state index is 12.5. The van der Waals surface area contributed by atoms with E-state index < -0.39 is 12.5 Å². The zero-order valence-corrected chi connectivity index (χ0v) is 13.6. The van der Waals surface area contributed by atoms with Crippen LogP contribution >= 0.6 is 0 Å². The fourth-order valence-electron chi connectivity index (χ4n) is 2.72. The maximum absolute atomic E-state index is 12.5. The largest absolute Gasteiger partial charge is 0.434 e. The van der Waals surface area contributed by atoms with Crippen LogP contribution in [0.1, 0.15) is 23.1 Å². The molecule has 0 bridgehead atoms. The van der Waals surface area contributed by atoms with Crippen LogP contribution in [0.4, 0.5) is 8.78 Å². The summed E-state index contributed by atoms with van der Waals surface area (Å²) in [5.74, 6) is 0.0502. The first-order valence-electron chi connectivity index (χ1n) is 7.86. The highest BCUT2D eigenvalue weighted by Gasteiger charge is 2.16. The van der Waals surface area contributed by atoms with Crippen molar-refractivity contribution in [1.29, 1.82) is 0 Å². The van der Waals surface area contributed by atoms with Crippen molar-refractivity contribution in [2.24, 2.45) is 0 Å². The summed E-state index contributed by atoms with van der Waals surface area (Å²) in [6.45, 7) is -0.106. The topological polar surface area (TPSA) is 56.2 Å². The first-order valence-corrected chi connectivity index (χ1v) is 7.86. The Bertz CT molecular complexity index is 893. The highest BCUT2D eigenvalue weighted by Crippen LogP contribution is 2.20. The van der Waals surface area contributed by atoms with Crippen molar-refractivity contribution in [2.75, 3.05) is 0 Å². The summed E-state index contributed by atoms with van der Waals surface area (Å²) in [4.78, 5) is 16.9. The number of ether oxygens (including phenoxy) is 1. The van der Waals surface area contributed by atoms with Gasteiger partial charge in [0.15, 0.2) is 0 Å². The number of carbonyl (C=O) groups is 1. The number of aryl methyl sites for hydroxylation is 1. The number of para-hydroxylation sites is 3. The number of halogens is 2. The molecule has 0 spiro atoms. The van der Waals surface area contributed by atoms with Gasteiger partial charge in [-0.25, -0.2) is 4.98 Å². The van der Waals surface area contributed by atoms with Crippen molar-refractivity contribution in [2.45, 2.75) is 26.6 Å². The fraction of sp³-hybridized carbons (Fsp3) is 0.222. The third kappa shape index (κ3) is 3.60. The van der Waals surface area contributed by atoms with E-state index >= 15 is 0 Å². The minimum atomic E-state index is -2.99. The normalized spacial score (nSPS) is 11.0. The van der Waals surface area contributed by atoms with Crippen molar-refractivity contribution in [1.82, 2.24) is 14.9 Å². The number of amides is 1. The van der Waals surface area contributed by atoms with Gasteiger partial charge in [-0.3, -0.25) is 4.79 Å². The van der Waals surface area contributed by atoms with E-state index in [0.29, 0.717) is 12.4 Å². The van der Waals surface area contributed by atoms with Crippen LogP contribution in [0, 0.1) is 0 Å². The van der Waals surface area contributed by atoms with Crippen LogP contribution in [0.2, 0.25) is 0 Å². The smallest absolute Gasteiger partial charge is 0.387 e. The molecular formula is C18H17F2N3O2. The summed E-state index contributed by atoms with van der Waals surface area (Å²) < 4.78 is 31.3. The molecule has 3 aromatic rings. The number of imidazole rings is 1. The molecule has 130 valence electrons. The van der Waals surface area contributed by atoms with Gasteiger partial charge >= 0.3 is 6.61 Å². The molecule has 0 unspecified atom stereocenters. The van der Waals surface area contributed by atoms with Gasteiger partial charge in [0, 0.05) is 6.54 Å². The Morgan fingerprint density at radius 2 is 1.92 bits per heavy atom. The van der Waals surface area contributed by atoms with Gasteiger partial charge in [-0.2, -0.15) is 8.78 Å². The molecule has 5 nitrogen and oxygen atoms in total. The number of nitrogens with one attached hydrogen (secondary N) is 1. The predicted octanol–water partition coefficient (Wildman–Crippen LogP) is 3.59. The Balaban J connectivity index is 1.79. The van der Waals surface area contributed by atoms with Gasteiger partial charge in [0.1, 0.15) is 11.6 Å². The number of rotatable bonds is 6. The summed E-state index contributed by atoms with van der Waals surface area (Å²) in [5.41, 5.74) is 1.88. The number of fused-ring (bicyclic) bond motifs is 1. The monoisotopic (exact) mass is 345 g/mol. The van der Waals surface area contributed by atoms with E-state index in [1.807, 2.05) is 35.8 Å². The molecule has 7 heteroatoms. The number of carbonyl (C=O) groups excluding carboxylic acids is 1. The zero-order chi connectivity index (χ0) is 17.8. The molecule has 0 aliphatic heterocycles. The SMILES string of the molecule is CCn1c(CNC(=O)c2ccccc2OC(F)F)nc2ccccc21. The summed E-state index contributed by atoms with van der Waals surface area (Å²) >= 11 is 0. The van der Waals surface area contributed by atoms with Gasteiger partial charge in [-0.1, -0.05) is 24.3 Å². The van der Waals surface area contributed by atoms with Crippen molar-refractivity contribution < 1.29 is 18.3 Å². The van der Waals surface area contributed by atoms with Crippen LogP contribution in [0.25, 0.3) is 11.0 Å². The van der Waals surface area contributed by atoms with Crippen LogP contribution in [-0.2, 0) is 13.1 Å². The van der Waals surface area contributed by atoms with Crippen LogP contribution in [0.3, 0.4) is 0 Å². The van der Waals surface area contributed by atoms with Crippen LogP contribution in [-0.4, -0.2) is 22.1 Å². The molecule has 1 aromatic heterocycles. The van der Waals surface area contributed by atoms with Crippen molar-refractivity contribution in [3.05, 3.63) is 59.9 Å². The van der Waals surface area contributed by atoms with E-state index in [2.05, 4.69) is 15.0 Å². The molecular weight excluding hydrogens is 328 g/mol. The second-order valence-electron chi connectivity index (χ2n) is 5.32. The Morgan fingerprint density at radius 1 is 1.20 bits per heavy atom. The van der Waals surface area contributed by atoms with Crippen molar-refractivity contribution in [3.63, 3.8) is 0 Å².